The fourth-order valence-corrected chi connectivity index (χ4v) is 2.82. The van der Waals surface area contributed by atoms with Gasteiger partial charge in [-0.25, -0.2) is 0 Å². The largest absolute Gasteiger partial charge is 0.383 e. The molecule has 0 aliphatic carbocycles. The summed E-state index contributed by atoms with van der Waals surface area (Å²) in [6.45, 7) is 5.78. The Hall–Kier alpha value is -0.120. The predicted octanol–water partition coefficient (Wildman–Crippen LogP) is 0.851. The highest BCUT2D eigenvalue weighted by Crippen LogP contribution is 2.22. The summed E-state index contributed by atoms with van der Waals surface area (Å²) >= 11 is 0. The minimum atomic E-state index is 0.263. The van der Waals surface area contributed by atoms with Crippen molar-refractivity contribution in [1.29, 1.82) is 0 Å². The lowest BCUT2D eigenvalue weighted by molar-refractivity contribution is 0.0942. The highest BCUT2D eigenvalue weighted by atomic mass is 16.5. The van der Waals surface area contributed by atoms with E-state index < -0.39 is 0 Å². The molecular weight excluding hydrogens is 176 g/mol. The standard InChI is InChI=1S/C11H22N2O/c1-14-10-11(5-4-6-12-11)9-13-7-2-3-8-13/h12H,2-10H2,1H3. The fraction of sp³-hybridized carbons (Fsp3) is 1.00. The van der Waals surface area contributed by atoms with Crippen LogP contribution in [0, 0.1) is 0 Å². The van der Waals surface area contributed by atoms with Gasteiger partial charge < -0.3 is 15.0 Å². The highest BCUT2D eigenvalue weighted by Gasteiger charge is 2.35. The van der Waals surface area contributed by atoms with E-state index >= 15 is 0 Å². The average molecular weight is 198 g/mol. The number of nitrogens with one attached hydrogen (secondary N) is 1. The van der Waals surface area contributed by atoms with Gasteiger partial charge in [0.2, 0.25) is 0 Å². The molecule has 2 rings (SSSR count). The molecule has 0 aromatic heterocycles. The Labute approximate surface area is 86.8 Å². The van der Waals surface area contributed by atoms with Crippen molar-refractivity contribution in [3.05, 3.63) is 0 Å². The van der Waals surface area contributed by atoms with Crippen LogP contribution in [0.1, 0.15) is 25.7 Å². The van der Waals surface area contributed by atoms with Crippen molar-refractivity contribution in [2.24, 2.45) is 0 Å². The molecule has 0 radical (unpaired) electrons. The molecule has 82 valence electrons. The topological polar surface area (TPSA) is 24.5 Å². The Balaban J connectivity index is 1.89. The smallest absolute Gasteiger partial charge is 0.0657 e. The van der Waals surface area contributed by atoms with E-state index in [1.54, 1.807) is 0 Å². The third kappa shape index (κ3) is 2.27. The molecule has 0 spiro atoms. The summed E-state index contributed by atoms with van der Waals surface area (Å²) in [6, 6.07) is 0. The minimum Gasteiger partial charge on any atom is -0.383 e. The van der Waals surface area contributed by atoms with E-state index in [2.05, 4.69) is 10.2 Å². The molecule has 0 amide bonds. The first-order chi connectivity index (χ1) is 6.85. The van der Waals surface area contributed by atoms with Crippen LogP contribution in [0.5, 0.6) is 0 Å². The van der Waals surface area contributed by atoms with Crippen LogP contribution in [-0.4, -0.2) is 50.3 Å². The maximum absolute atomic E-state index is 5.35. The molecule has 2 fully saturated rings. The Morgan fingerprint density at radius 3 is 2.64 bits per heavy atom. The molecule has 3 nitrogen and oxygen atoms in total. The molecule has 0 aromatic carbocycles. The number of rotatable bonds is 4. The Bertz CT molecular complexity index is 172. The maximum Gasteiger partial charge on any atom is 0.0657 e. The van der Waals surface area contributed by atoms with Crippen molar-refractivity contribution >= 4 is 0 Å². The maximum atomic E-state index is 5.35. The van der Waals surface area contributed by atoms with Crippen LogP contribution in [0.2, 0.25) is 0 Å². The molecule has 0 saturated carbocycles. The monoisotopic (exact) mass is 198 g/mol. The van der Waals surface area contributed by atoms with E-state index in [4.69, 9.17) is 4.74 Å². The van der Waals surface area contributed by atoms with Crippen molar-refractivity contribution in [1.82, 2.24) is 10.2 Å². The molecule has 1 atom stereocenters. The first-order valence-electron chi connectivity index (χ1n) is 5.81. The predicted molar refractivity (Wildman–Crippen MR) is 57.5 cm³/mol. The Morgan fingerprint density at radius 2 is 2.07 bits per heavy atom. The lowest BCUT2D eigenvalue weighted by Gasteiger charge is -2.33. The second kappa shape index (κ2) is 4.60. The van der Waals surface area contributed by atoms with Crippen LogP contribution in [0.4, 0.5) is 0 Å². The number of ether oxygens (including phenoxy) is 1. The Kier molecular flexibility index (Phi) is 3.42. The highest BCUT2D eigenvalue weighted by molar-refractivity contribution is 4.96. The molecule has 3 heteroatoms. The van der Waals surface area contributed by atoms with Gasteiger partial charge in [-0.15, -0.1) is 0 Å². The zero-order chi connectivity index (χ0) is 9.86. The summed E-state index contributed by atoms with van der Waals surface area (Å²) < 4.78 is 5.35. The van der Waals surface area contributed by atoms with E-state index in [0.29, 0.717) is 0 Å². The van der Waals surface area contributed by atoms with Gasteiger partial charge in [0.05, 0.1) is 12.1 Å². The molecule has 1 N–H and O–H groups in total. The molecule has 1 unspecified atom stereocenters. The summed E-state index contributed by atoms with van der Waals surface area (Å²) in [5, 5.41) is 3.63. The molecule has 2 aliphatic heterocycles. The molecule has 2 aliphatic rings. The molecule has 14 heavy (non-hydrogen) atoms. The SMILES string of the molecule is COCC1(CN2CCCC2)CCCN1. The zero-order valence-electron chi connectivity index (χ0n) is 9.22. The Morgan fingerprint density at radius 1 is 1.29 bits per heavy atom. The first kappa shape index (κ1) is 10.4. The molecule has 0 aromatic rings. The normalized spacial score (nSPS) is 34.1. The quantitative estimate of drug-likeness (QED) is 0.725. The van der Waals surface area contributed by atoms with Gasteiger partial charge in [-0.05, 0) is 45.3 Å². The van der Waals surface area contributed by atoms with Gasteiger partial charge in [0.15, 0.2) is 0 Å². The third-order valence-corrected chi connectivity index (χ3v) is 3.48. The number of likely N-dealkylation sites (tertiary alicyclic amines) is 1. The van der Waals surface area contributed by atoms with E-state index in [1.807, 2.05) is 7.11 Å². The van der Waals surface area contributed by atoms with Gasteiger partial charge in [-0.3, -0.25) is 0 Å². The molecule has 2 heterocycles. The van der Waals surface area contributed by atoms with Gasteiger partial charge in [0, 0.05) is 13.7 Å². The minimum absolute atomic E-state index is 0.263. The number of hydrogen-bond donors (Lipinski definition) is 1. The van der Waals surface area contributed by atoms with E-state index in [9.17, 15) is 0 Å². The van der Waals surface area contributed by atoms with Crippen LogP contribution in [0.25, 0.3) is 0 Å². The van der Waals surface area contributed by atoms with Crippen LogP contribution in [-0.2, 0) is 4.74 Å². The third-order valence-electron chi connectivity index (χ3n) is 3.48. The molecule has 0 bridgehead atoms. The van der Waals surface area contributed by atoms with Crippen LogP contribution < -0.4 is 5.32 Å². The lowest BCUT2D eigenvalue weighted by Crippen LogP contribution is -2.52. The van der Waals surface area contributed by atoms with Gasteiger partial charge in [0.25, 0.3) is 0 Å². The summed E-state index contributed by atoms with van der Waals surface area (Å²) in [7, 11) is 1.81. The van der Waals surface area contributed by atoms with Gasteiger partial charge in [-0.2, -0.15) is 0 Å². The second-order valence-electron chi connectivity index (χ2n) is 4.73. The number of nitrogens with zero attached hydrogens (tertiary/aromatic N) is 1. The average Bonchev–Trinajstić information content (AvgIpc) is 2.78. The van der Waals surface area contributed by atoms with E-state index in [1.165, 1.54) is 45.3 Å². The van der Waals surface area contributed by atoms with Crippen molar-refractivity contribution in [3.63, 3.8) is 0 Å². The first-order valence-corrected chi connectivity index (χ1v) is 5.81. The number of hydrogen-bond acceptors (Lipinski definition) is 3. The van der Waals surface area contributed by atoms with Crippen molar-refractivity contribution < 1.29 is 4.74 Å². The molecule has 2 saturated heterocycles. The van der Waals surface area contributed by atoms with E-state index in [-0.39, 0.29) is 5.54 Å². The summed E-state index contributed by atoms with van der Waals surface area (Å²) in [5.74, 6) is 0. The van der Waals surface area contributed by atoms with Gasteiger partial charge >= 0.3 is 0 Å². The van der Waals surface area contributed by atoms with Crippen LogP contribution in [0.15, 0.2) is 0 Å². The van der Waals surface area contributed by atoms with Crippen LogP contribution in [0.3, 0.4) is 0 Å². The van der Waals surface area contributed by atoms with Crippen LogP contribution >= 0.6 is 0 Å². The summed E-state index contributed by atoms with van der Waals surface area (Å²) in [4.78, 5) is 2.58. The number of methoxy groups -OCH3 is 1. The van der Waals surface area contributed by atoms with Crippen molar-refractivity contribution in [3.8, 4) is 0 Å². The van der Waals surface area contributed by atoms with Gasteiger partial charge in [-0.1, -0.05) is 0 Å². The zero-order valence-corrected chi connectivity index (χ0v) is 9.22. The molecular formula is C11H22N2O. The van der Waals surface area contributed by atoms with Crippen molar-refractivity contribution in [2.45, 2.75) is 31.2 Å². The fourth-order valence-electron chi connectivity index (χ4n) is 2.82. The van der Waals surface area contributed by atoms with Gasteiger partial charge in [0.1, 0.15) is 0 Å². The van der Waals surface area contributed by atoms with Crippen molar-refractivity contribution in [2.75, 3.05) is 39.9 Å². The summed E-state index contributed by atoms with van der Waals surface area (Å²) in [5.41, 5.74) is 0.263. The van der Waals surface area contributed by atoms with E-state index in [0.717, 1.165) is 13.2 Å². The summed E-state index contributed by atoms with van der Waals surface area (Å²) in [6.07, 6.45) is 5.33. The lowest BCUT2D eigenvalue weighted by atomic mass is 9.98. The second-order valence-corrected chi connectivity index (χ2v) is 4.73.